The van der Waals surface area contributed by atoms with E-state index >= 15 is 0 Å². The highest BCUT2D eigenvalue weighted by Crippen LogP contribution is 1.62. The van der Waals surface area contributed by atoms with E-state index < -0.39 is 0 Å². The molecule has 0 saturated carbocycles. The minimum Gasteiger partial charge on any atom is -0.351 e. The third kappa shape index (κ3) is 4.01. The molecule has 1 aromatic heterocycles. The molecule has 1 rings (SSSR count). The van der Waals surface area contributed by atoms with Crippen LogP contribution in [0.5, 0.6) is 0 Å². The Bertz CT molecular complexity index is 67.4. The van der Waals surface area contributed by atoms with Crippen molar-refractivity contribution in [2.75, 3.05) is 0 Å². The number of aromatic nitrogens is 2. The van der Waals surface area contributed by atoms with Gasteiger partial charge in [-0.1, -0.05) is 0 Å². The average molecular weight is 230 g/mol. The van der Waals surface area contributed by atoms with E-state index in [4.69, 9.17) is 0 Å². The fourth-order valence-corrected chi connectivity index (χ4v) is 0.215. The maximum absolute atomic E-state index is 3.67. The number of hydrogen-bond donors (Lipinski definition) is 1. The van der Waals surface area contributed by atoms with Gasteiger partial charge >= 0.3 is 0 Å². The first-order valence-electron chi connectivity index (χ1n) is 1.43. The second kappa shape index (κ2) is 6.17. The average Bonchev–Trinajstić information content (AvgIpc) is 1.76. The predicted octanol–water partition coefficient (Wildman–Crippen LogP) is 1.57. The minimum absolute atomic E-state index is 0. The van der Waals surface area contributed by atoms with Crippen molar-refractivity contribution >= 4 is 34.0 Å². The molecular formula is C3H6Br2N2. The topological polar surface area (TPSA) is 28.7 Å². The van der Waals surface area contributed by atoms with Gasteiger partial charge in [-0.15, -0.1) is 34.0 Å². The summed E-state index contributed by atoms with van der Waals surface area (Å²) in [7, 11) is 0. The van der Waals surface area contributed by atoms with Crippen LogP contribution in [0.3, 0.4) is 0 Å². The molecule has 0 aromatic carbocycles. The van der Waals surface area contributed by atoms with E-state index in [1.54, 1.807) is 18.7 Å². The number of rotatable bonds is 0. The van der Waals surface area contributed by atoms with Crippen LogP contribution in [0.25, 0.3) is 0 Å². The lowest BCUT2D eigenvalue weighted by Crippen LogP contribution is -1.44. The molecule has 0 atom stereocenters. The van der Waals surface area contributed by atoms with E-state index in [0.717, 1.165) is 0 Å². The van der Waals surface area contributed by atoms with Crippen LogP contribution in [-0.4, -0.2) is 9.97 Å². The Morgan fingerprint density at radius 3 is 2.14 bits per heavy atom. The number of aromatic amines is 1. The summed E-state index contributed by atoms with van der Waals surface area (Å²) in [5, 5.41) is 0. The van der Waals surface area contributed by atoms with Crippen LogP contribution < -0.4 is 0 Å². The summed E-state index contributed by atoms with van der Waals surface area (Å²) in [5.41, 5.74) is 0. The number of H-pyrrole nitrogens is 1. The van der Waals surface area contributed by atoms with Crippen molar-refractivity contribution in [2.24, 2.45) is 0 Å². The van der Waals surface area contributed by atoms with Crippen molar-refractivity contribution in [1.82, 2.24) is 9.97 Å². The molecule has 0 fully saturated rings. The SMILES string of the molecule is Br.Br.c1c[nH]cn1. The smallest absolute Gasteiger partial charge is 0.0919 e. The second-order valence-electron chi connectivity index (χ2n) is 0.761. The highest BCUT2D eigenvalue weighted by Gasteiger charge is 1.56. The summed E-state index contributed by atoms with van der Waals surface area (Å²) in [4.78, 5) is 6.42. The van der Waals surface area contributed by atoms with Crippen LogP contribution in [0.4, 0.5) is 0 Å². The predicted molar refractivity (Wildman–Crippen MR) is 39.2 cm³/mol. The molecule has 0 unspecified atom stereocenters. The van der Waals surface area contributed by atoms with Gasteiger partial charge in [0.1, 0.15) is 0 Å². The highest BCUT2D eigenvalue weighted by molar-refractivity contribution is 8.93. The fourth-order valence-electron chi connectivity index (χ4n) is 0.215. The van der Waals surface area contributed by atoms with Crippen LogP contribution in [0.1, 0.15) is 0 Å². The van der Waals surface area contributed by atoms with Gasteiger partial charge < -0.3 is 4.98 Å². The lowest BCUT2D eigenvalue weighted by atomic mass is 11.0. The van der Waals surface area contributed by atoms with E-state index in [1.165, 1.54) is 0 Å². The Kier molecular flexibility index (Phi) is 9.00. The zero-order valence-corrected chi connectivity index (χ0v) is 6.92. The van der Waals surface area contributed by atoms with Crippen LogP contribution in [0.15, 0.2) is 18.7 Å². The first kappa shape index (κ1) is 10.2. The Morgan fingerprint density at radius 1 is 1.29 bits per heavy atom. The molecule has 0 amide bonds. The summed E-state index contributed by atoms with van der Waals surface area (Å²) >= 11 is 0. The van der Waals surface area contributed by atoms with E-state index in [2.05, 4.69) is 9.97 Å². The molecule has 42 valence electrons. The maximum Gasteiger partial charge on any atom is 0.0919 e. The van der Waals surface area contributed by atoms with Crippen molar-refractivity contribution < 1.29 is 0 Å². The van der Waals surface area contributed by atoms with Gasteiger partial charge in [-0.25, -0.2) is 4.98 Å². The van der Waals surface area contributed by atoms with Crippen molar-refractivity contribution in [2.45, 2.75) is 0 Å². The lowest BCUT2D eigenvalue weighted by molar-refractivity contribution is 1.31. The van der Waals surface area contributed by atoms with Crippen LogP contribution in [0.2, 0.25) is 0 Å². The van der Waals surface area contributed by atoms with E-state index in [-0.39, 0.29) is 34.0 Å². The minimum atomic E-state index is 0. The van der Waals surface area contributed by atoms with Crippen LogP contribution >= 0.6 is 34.0 Å². The van der Waals surface area contributed by atoms with Gasteiger partial charge in [-0.3, -0.25) is 0 Å². The molecule has 0 bridgehead atoms. The number of nitrogens with zero attached hydrogens (tertiary/aromatic N) is 1. The van der Waals surface area contributed by atoms with Crippen molar-refractivity contribution in [1.29, 1.82) is 0 Å². The van der Waals surface area contributed by atoms with Gasteiger partial charge in [-0.2, -0.15) is 0 Å². The summed E-state index contributed by atoms with van der Waals surface area (Å²) in [6, 6.07) is 0. The fraction of sp³-hybridized carbons (Fsp3) is 0. The molecule has 0 saturated heterocycles. The monoisotopic (exact) mass is 228 g/mol. The molecule has 0 aliphatic rings. The van der Waals surface area contributed by atoms with Gasteiger partial charge in [0.05, 0.1) is 6.33 Å². The maximum atomic E-state index is 3.67. The normalized spacial score (nSPS) is 5.71. The number of imidazole rings is 1. The van der Waals surface area contributed by atoms with E-state index in [9.17, 15) is 0 Å². The second-order valence-corrected chi connectivity index (χ2v) is 0.761. The third-order valence-corrected chi connectivity index (χ3v) is 0.406. The van der Waals surface area contributed by atoms with Gasteiger partial charge in [0.25, 0.3) is 0 Å². The molecular weight excluding hydrogens is 224 g/mol. The summed E-state index contributed by atoms with van der Waals surface area (Å²) in [6.07, 6.45) is 5.08. The van der Waals surface area contributed by atoms with Crippen molar-refractivity contribution in [3.05, 3.63) is 18.7 Å². The van der Waals surface area contributed by atoms with E-state index in [1.807, 2.05) is 0 Å². The summed E-state index contributed by atoms with van der Waals surface area (Å²) < 4.78 is 0. The lowest BCUT2D eigenvalue weighted by Gasteiger charge is -1.46. The Balaban J connectivity index is 0. The molecule has 0 aliphatic carbocycles. The Morgan fingerprint density at radius 2 is 2.00 bits per heavy atom. The number of nitrogens with one attached hydrogen (secondary N) is 1. The standard InChI is InChI=1S/C3H4N2.2BrH/c1-2-5-3-4-1;;/h1-3H,(H,4,5);2*1H. The molecule has 7 heavy (non-hydrogen) atoms. The molecule has 2 nitrogen and oxygen atoms in total. The first-order chi connectivity index (χ1) is 2.50. The zero-order valence-electron chi connectivity index (χ0n) is 3.50. The molecule has 1 heterocycles. The van der Waals surface area contributed by atoms with Crippen LogP contribution in [-0.2, 0) is 0 Å². The van der Waals surface area contributed by atoms with Gasteiger partial charge in [-0.05, 0) is 0 Å². The highest BCUT2D eigenvalue weighted by atomic mass is 79.9. The quantitative estimate of drug-likeness (QED) is 0.719. The molecule has 0 spiro atoms. The molecule has 4 heteroatoms. The van der Waals surface area contributed by atoms with Gasteiger partial charge in [0, 0.05) is 12.4 Å². The third-order valence-electron chi connectivity index (χ3n) is 0.406. The van der Waals surface area contributed by atoms with Crippen molar-refractivity contribution in [3.63, 3.8) is 0 Å². The molecule has 1 aromatic rings. The first-order valence-corrected chi connectivity index (χ1v) is 1.43. The van der Waals surface area contributed by atoms with Gasteiger partial charge in [0.15, 0.2) is 0 Å². The van der Waals surface area contributed by atoms with Crippen LogP contribution in [0, 0.1) is 0 Å². The summed E-state index contributed by atoms with van der Waals surface area (Å²) in [5.74, 6) is 0. The van der Waals surface area contributed by atoms with Gasteiger partial charge in [0.2, 0.25) is 0 Å². The number of halogens is 2. The largest absolute Gasteiger partial charge is 0.351 e. The summed E-state index contributed by atoms with van der Waals surface area (Å²) in [6.45, 7) is 0. The Labute approximate surface area is 62.9 Å². The Hall–Kier alpha value is 0.170. The molecule has 0 aliphatic heterocycles. The van der Waals surface area contributed by atoms with E-state index in [0.29, 0.717) is 0 Å². The molecule has 0 radical (unpaired) electrons. The van der Waals surface area contributed by atoms with Crippen molar-refractivity contribution in [3.8, 4) is 0 Å². The zero-order chi connectivity index (χ0) is 3.54. The molecule has 1 N–H and O–H groups in total. The number of hydrogen-bond acceptors (Lipinski definition) is 1.